The van der Waals surface area contributed by atoms with E-state index in [9.17, 15) is 14.3 Å². The van der Waals surface area contributed by atoms with E-state index in [-0.39, 0.29) is 11.7 Å². The Kier molecular flexibility index (Phi) is 2.82. The molecular formula is C16H16FN3O2. The lowest BCUT2D eigenvalue weighted by molar-refractivity contribution is -0.149. The van der Waals surface area contributed by atoms with Crippen molar-refractivity contribution >= 4 is 22.7 Å². The van der Waals surface area contributed by atoms with Crippen molar-refractivity contribution in [3.05, 3.63) is 30.3 Å². The molecule has 2 atom stereocenters. The molecule has 0 unspecified atom stereocenters. The number of benzene rings is 1. The highest BCUT2D eigenvalue weighted by molar-refractivity contribution is 5.90. The van der Waals surface area contributed by atoms with Gasteiger partial charge in [0.1, 0.15) is 18.0 Å². The zero-order valence-corrected chi connectivity index (χ0v) is 12.0. The maximum atomic E-state index is 14.2. The first-order valence-corrected chi connectivity index (χ1v) is 7.49. The maximum absolute atomic E-state index is 14.2. The molecule has 1 aromatic heterocycles. The van der Waals surface area contributed by atoms with Crippen LogP contribution < -0.4 is 4.90 Å². The molecule has 0 bridgehead atoms. The lowest BCUT2D eigenvalue weighted by atomic mass is 9.81. The van der Waals surface area contributed by atoms with Crippen LogP contribution in [0.15, 0.2) is 24.5 Å². The number of anilines is 1. The summed E-state index contributed by atoms with van der Waals surface area (Å²) >= 11 is 0. The zero-order valence-electron chi connectivity index (χ0n) is 12.0. The van der Waals surface area contributed by atoms with E-state index in [4.69, 9.17) is 0 Å². The summed E-state index contributed by atoms with van der Waals surface area (Å²) in [6, 6.07) is 4.75. The van der Waals surface area contributed by atoms with Crippen LogP contribution in [0.25, 0.3) is 10.9 Å². The number of carboxylic acids is 1. The van der Waals surface area contributed by atoms with Crippen molar-refractivity contribution in [3.8, 4) is 0 Å². The zero-order chi connectivity index (χ0) is 15.3. The Morgan fingerprint density at radius 2 is 2.27 bits per heavy atom. The Labute approximate surface area is 126 Å². The molecule has 2 aliphatic rings. The predicted octanol–water partition coefficient (Wildman–Crippen LogP) is 2.46. The summed E-state index contributed by atoms with van der Waals surface area (Å²) in [6.45, 7) is 1.01. The van der Waals surface area contributed by atoms with E-state index in [1.165, 1.54) is 12.4 Å². The van der Waals surface area contributed by atoms with Crippen molar-refractivity contribution in [3.63, 3.8) is 0 Å². The Balaban J connectivity index is 1.80. The van der Waals surface area contributed by atoms with Crippen LogP contribution in [0.5, 0.6) is 0 Å². The smallest absolute Gasteiger partial charge is 0.311 e. The number of carboxylic acid groups (broad SMARTS) is 1. The third-order valence-electron chi connectivity index (χ3n) is 5.19. The molecule has 0 spiro atoms. The van der Waals surface area contributed by atoms with E-state index < -0.39 is 11.4 Å². The quantitative estimate of drug-likeness (QED) is 0.923. The van der Waals surface area contributed by atoms with Crippen LogP contribution in [0.3, 0.4) is 0 Å². The van der Waals surface area contributed by atoms with Crippen LogP contribution >= 0.6 is 0 Å². The van der Waals surface area contributed by atoms with E-state index in [0.717, 1.165) is 12.8 Å². The molecule has 1 saturated heterocycles. The Hall–Kier alpha value is -2.24. The van der Waals surface area contributed by atoms with Gasteiger partial charge in [0.2, 0.25) is 0 Å². The molecular weight excluding hydrogens is 285 g/mol. The van der Waals surface area contributed by atoms with E-state index in [1.54, 1.807) is 12.1 Å². The molecule has 114 valence electrons. The van der Waals surface area contributed by atoms with Crippen LogP contribution in [-0.2, 0) is 4.79 Å². The van der Waals surface area contributed by atoms with Gasteiger partial charge in [-0.05, 0) is 30.9 Å². The van der Waals surface area contributed by atoms with Crippen molar-refractivity contribution in [1.29, 1.82) is 0 Å². The average Bonchev–Trinajstić information content (AvgIpc) is 3.05. The minimum Gasteiger partial charge on any atom is -0.481 e. The lowest BCUT2D eigenvalue weighted by Crippen LogP contribution is -2.35. The molecule has 0 amide bonds. The summed E-state index contributed by atoms with van der Waals surface area (Å²) in [4.78, 5) is 22.1. The third kappa shape index (κ3) is 1.73. The molecule has 0 radical (unpaired) electrons. The second kappa shape index (κ2) is 4.63. The minimum absolute atomic E-state index is 0.113. The van der Waals surface area contributed by atoms with E-state index in [1.807, 2.05) is 4.90 Å². The first-order valence-electron chi connectivity index (χ1n) is 7.49. The monoisotopic (exact) mass is 301 g/mol. The average molecular weight is 301 g/mol. The molecule has 2 fully saturated rings. The second-order valence-corrected chi connectivity index (χ2v) is 6.26. The highest BCUT2D eigenvalue weighted by Crippen LogP contribution is 2.50. The first-order chi connectivity index (χ1) is 10.6. The van der Waals surface area contributed by atoms with Crippen molar-refractivity contribution in [2.24, 2.45) is 11.3 Å². The molecule has 1 N–H and O–H groups in total. The second-order valence-electron chi connectivity index (χ2n) is 6.26. The van der Waals surface area contributed by atoms with Crippen LogP contribution in [0.2, 0.25) is 0 Å². The number of hydrogen-bond donors (Lipinski definition) is 1. The van der Waals surface area contributed by atoms with Crippen LogP contribution in [-0.4, -0.2) is 34.1 Å². The van der Waals surface area contributed by atoms with Gasteiger partial charge in [0.25, 0.3) is 0 Å². The van der Waals surface area contributed by atoms with Gasteiger partial charge in [0, 0.05) is 13.1 Å². The number of nitrogens with zero attached hydrogens (tertiary/aromatic N) is 3. The summed E-state index contributed by atoms with van der Waals surface area (Å²) in [5, 5.41) is 10.1. The van der Waals surface area contributed by atoms with E-state index in [2.05, 4.69) is 9.97 Å². The normalized spacial score (nSPS) is 27.3. The summed E-state index contributed by atoms with van der Waals surface area (Å²) in [5.74, 6) is -0.481. The summed E-state index contributed by atoms with van der Waals surface area (Å²) in [7, 11) is 0. The highest BCUT2D eigenvalue weighted by atomic mass is 19.1. The van der Waals surface area contributed by atoms with Gasteiger partial charge in [0.15, 0.2) is 0 Å². The fraction of sp³-hybridized carbons (Fsp3) is 0.438. The van der Waals surface area contributed by atoms with Gasteiger partial charge in [-0.15, -0.1) is 0 Å². The number of hydrogen-bond acceptors (Lipinski definition) is 4. The van der Waals surface area contributed by atoms with Crippen molar-refractivity contribution in [2.45, 2.75) is 19.3 Å². The van der Waals surface area contributed by atoms with E-state index >= 15 is 0 Å². The van der Waals surface area contributed by atoms with Gasteiger partial charge in [0.05, 0.1) is 16.3 Å². The summed E-state index contributed by atoms with van der Waals surface area (Å²) in [5.41, 5.74) is -0.158. The fourth-order valence-corrected chi connectivity index (χ4v) is 4.09. The molecule has 2 aromatic rings. The van der Waals surface area contributed by atoms with Gasteiger partial charge in [-0.25, -0.2) is 14.4 Å². The topological polar surface area (TPSA) is 66.3 Å². The number of carbonyl (C=O) groups is 1. The number of aliphatic carboxylic acids is 1. The molecule has 2 heterocycles. The van der Waals surface area contributed by atoms with Crippen LogP contribution in [0.4, 0.5) is 10.2 Å². The molecule has 6 heteroatoms. The Bertz CT molecular complexity index is 761. The molecule has 5 nitrogen and oxygen atoms in total. The van der Waals surface area contributed by atoms with Crippen LogP contribution in [0.1, 0.15) is 19.3 Å². The largest absolute Gasteiger partial charge is 0.481 e. The number of aromatic nitrogens is 2. The first kappa shape index (κ1) is 13.4. The molecule has 1 saturated carbocycles. The minimum atomic E-state index is -0.740. The maximum Gasteiger partial charge on any atom is 0.311 e. The van der Waals surface area contributed by atoms with Crippen LogP contribution in [0, 0.1) is 17.2 Å². The molecule has 1 aliphatic heterocycles. The molecule has 1 aromatic carbocycles. The predicted molar refractivity (Wildman–Crippen MR) is 79.1 cm³/mol. The van der Waals surface area contributed by atoms with Crippen molar-refractivity contribution in [1.82, 2.24) is 9.97 Å². The van der Waals surface area contributed by atoms with Crippen molar-refractivity contribution < 1.29 is 14.3 Å². The van der Waals surface area contributed by atoms with Crippen molar-refractivity contribution in [2.75, 3.05) is 18.0 Å². The SMILES string of the molecule is O=C(O)[C@@]12CCC[C@H]1CN(c1ncnc3cccc(F)c13)C2. The summed E-state index contributed by atoms with van der Waals surface area (Å²) < 4.78 is 14.2. The standard InChI is InChI=1S/C16H16FN3O2/c17-11-4-1-5-12-13(11)14(19-9-18-12)20-7-10-3-2-6-16(10,8-20)15(21)22/h1,4-5,9-10H,2-3,6-8H2,(H,21,22)/t10-,16+/m0/s1. The number of halogens is 1. The van der Waals surface area contributed by atoms with Gasteiger partial charge in [-0.3, -0.25) is 4.79 Å². The summed E-state index contributed by atoms with van der Waals surface area (Å²) in [6.07, 6.45) is 3.96. The molecule has 1 aliphatic carbocycles. The van der Waals surface area contributed by atoms with Gasteiger partial charge < -0.3 is 10.0 Å². The molecule has 22 heavy (non-hydrogen) atoms. The van der Waals surface area contributed by atoms with Gasteiger partial charge in [-0.1, -0.05) is 12.5 Å². The Morgan fingerprint density at radius 3 is 3.05 bits per heavy atom. The lowest BCUT2D eigenvalue weighted by Gasteiger charge is -2.24. The number of fused-ring (bicyclic) bond motifs is 2. The number of rotatable bonds is 2. The highest BCUT2D eigenvalue weighted by Gasteiger charge is 2.55. The molecule has 4 rings (SSSR count). The fourth-order valence-electron chi connectivity index (χ4n) is 4.09. The van der Waals surface area contributed by atoms with Gasteiger partial charge in [-0.2, -0.15) is 0 Å². The van der Waals surface area contributed by atoms with E-state index in [0.29, 0.717) is 36.2 Å². The Morgan fingerprint density at radius 1 is 1.41 bits per heavy atom. The third-order valence-corrected chi connectivity index (χ3v) is 5.19. The van der Waals surface area contributed by atoms with Gasteiger partial charge >= 0.3 is 5.97 Å².